The monoisotopic (exact) mass is 333 g/mol. The number of aromatic carboxylic acids is 1. The summed E-state index contributed by atoms with van der Waals surface area (Å²) in [4.78, 5) is 14.8. The molecule has 1 N–H and O–H groups in total. The number of rotatable bonds is 5. The second kappa shape index (κ2) is 6.60. The average Bonchev–Trinajstić information content (AvgIpc) is 3.02. The number of carbonyl (C=O) groups is 1. The summed E-state index contributed by atoms with van der Waals surface area (Å²) in [5.41, 5.74) is 1.55. The van der Waals surface area contributed by atoms with Crippen LogP contribution in [0.1, 0.15) is 27.7 Å². The van der Waals surface area contributed by atoms with Crippen LogP contribution < -0.4 is 9.47 Å². The molecule has 3 rings (SSSR count). The molecule has 0 bridgehead atoms. The van der Waals surface area contributed by atoms with E-state index in [1.807, 2.05) is 18.3 Å². The Morgan fingerprint density at radius 2 is 2.17 bits per heavy atom. The third-order valence-electron chi connectivity index (χ3n) is 4.06. The Bertz CT molecular complexity index is 712. The molecule has 2 heterocycles. The zero-order valence-electron chi connectivity index (χ0n) is 13.1. The standard InChI is InChI=1S/C17H19NO4S/c1-11(18-7-5-16-13(10-18)6-8-23-16)22-14-4-3-12(17(19)20)9-15(14)21-2/h3-4,6,8-9,11H,5,7,10H2,1-2H3,(H,19,20). The maximum atomic E-state index is 11.0. The summed E-state index contributed by atoms with van der Waals surface area (Å²) in [5, 5.41) is 11.2. The first-order valence-electron chi connectivity index (χ1n) is 7.45. The first-order chi connectivity index (χ1) is 11.1. The molecule has 0 saturated heterocycles. The summed E-state index contributed by atoms with van der Waals surface area (Å²) in [6.07, 6.45) is 0.920. The maximum absolute atomic E-state index is 11.0. The van der Waals surface area contributed by atoms with E-state index in [2.05, 4.69) is 16.3 Å². The van der Waals surface area contributed by atoms with Gasteiger partial charge in [0.15, 0.2) is 11.5 Å². The first-order valence-corrected chi connectivity index (χ1v) is 8.33. The molecule has 1 aliphatic heterocycles. The van der Waals surface area contributed by atoms with Gasteiger partial charge in [0.1, 0.15) is 6.23 Å². The minimum Gasteiger partial charge on any atom is -0.493 e. The van der Waals surface area contributed by atoms with Crippen molar-refractivity contribution < 1.29 is 19.4 Å². The molecule has 2 aromatic rings. The van der Waals surface area contributed by atoms with Gasteiger partial charge in [-0.05, 0) is 48.6 Å². The highest BCUT2D eigenvalue weighted by molar-refractivity contribution is 7.10. The highest BCUT2D eigenvalue weighted by Gasteiger charge is 2.23. The number of thiophene rings is 1. The molecule has 5 nitrogen and oxygen atoms in total. The molecule has 0 saturated carbocycles. The zero-order valence-corrected chi connectivity index (χ0v) is 13.9. The predicted molar refractivity (Wildman–Crippen MR) is 88.5 cm³/mol. The molecule has 0 spiro atoms. The van der Waals surface area contributed by atoms with Gasteiger partial charge >= 0.3 is 5.97 Å². The van der Waals surface area contributed by atoms with E-state index in [1.165, 1.54) is 29.7 Å². The molecule has 0 fully saturated rings. The van der Waals surface area contributed by atoms with Gasteiger partial charge in [0.05, 0.1) is 12.7 Å². The van der Waals surface area contributed by atoms with Gasteiger partial charge in [0.25, 0.3) is 0 Å². The van der Waals surface area contributed by atoms with Crippen LogP contribution in [0.2, 0.25) is 0 Å². The first kappa shape index (κ1) is 15.8. The minimum absolute atomic E-state index is 0.118. The number of carboxylic acid groups (broad SMARTS) is 1. The summed E-state index contributed by atoms with van der Waals surface area (Å²) in [5.74, 6) is 0.00927. The molecule has 0 radical (unpaired) electrons. The third kappa shape index (κ3) is 3.33. The number of nitrogens with zero attached hydrogens (tertiary/aromatic N) is 1. The van der Waals surface area contributed by atoms with Crippen LogP contribution >= 0.6 is 11.3 Å². The molecule has 23 heavy (non-hydrogen) atoms. The van der Waals surface area contributed by atoms with Gasteiger partial charge in [0.2, 0.25) is 0 Å². The van der Waals surface area contributed by atoms with E-state index in [0.29, 0.717) is 11.5 Å². The molecule has 1 unspecified atom stereocenters. The van der Waals surface area contributed by atoms with Crippen LogP contribution in [-0.2, 0) is 13.0 Å². The fraction of sp³-hybridized carbons (Fsp3) is 0.353. The topological polar surface area (TPSA) is 59.0 Å². The van der Waals surface area contributed by atoms with Gasteiger partial charge in [-0.2, -0.15) is 0 Å². The lowest BCUT2D eigenvalue weighted by molar-refractivity contribution is 0.0281. The molecular formula is C17H19NO4S. The summed E-state index contributed by atoms with van der Waals surface area (Å²) < 4.78 is 11.3. The van der Waals surface area contributed by atoms with E-state index in [1.54, 1.807) is 6.07 Å². The number of hydrogen-bond donors (Lipinski definition) is 1. The molecular weight excluding hydrogens is 314 g/mol. The molecule has 0 amide bonds. The normalized spacial score (nSPS) is 15.7. The molecule has 0 aliphatic carbocycles. The van der Waals surface area contributed by atoms with Crippen molar-refractivity contribution in [2.45, 2.75) is 26.1 Å². The average molecular weight is 333 g/mol. The van der Waals surface area contributed by atoms with E-state index in [-0.39, 0.29) is 11.8 Å². The molecule has 1 aliphatic rings. The molecule has 1 aromatic heterocycles. The number of hydrogen-bond acceptors (Lipinski definition) is 5. The lowest BCUT2D eigenvalue weighted by atomic mass is 10.1. The third-order valence-corrected chi connectivity index (χ3v) is 5.08. The van der Waals surface area contributed by atoms with Crippen molar-refractivity contribution in [1.82, 2.24) is 4.90 Å². The van der Waals surface area contributed by atoms with E-state index in [0.717, 1.165) is 19.5 Å². The van der Waals surface area contributed by atoms with Crippen molar-refractivity contribution in [2.24, 2.45) is 0 Å². The largest absolute Gasteiger partial charge is 0.493 e. The molecule has 1 aromatic carbocycles. The van der Waals surface area contributed by atoms with Gasteiger partial charge in [-0.1, -0.05) is 0 Å². The number of methoxy groups -OCH3 is 1. The van der Waals surface area contributed by atoms with Crippen LogP contribution in [0, 0.1) is 0 Å². The van der Waals surface area contributed by atoms with Gasteiger partial charge in [-0.25, -0.2) is 4.79 Å². The van der Waals surface area contributed by atoms with Gasteiger partial charge in [-0.3, -0.25) is 4.90 Å². The summed E-state index contributed by atoms with van der Waals surface area (Å²) in [7, 11) is 1.51. The lowest BCUT2D eigenvalue weighted by Crippen LogP contribution is -2.40. The van der Waals surface area contributed by atoms with Gasteiger partial charge in [-0.15, -0.1) is 11.3 Å². The second-order valence-electron chi connectivity index (χ2n) is 5.48. The Morgan fingerprint density at radius 3 is 2.91 bits per heavy atom. The summed E-state index contributed by atoms with van der Waals surface area (Å²) in [6.45, 7) is 3.82. The van der Waals surface area contributed by atoms with Gasteiger partial charge < -0.3 is 14.6 Å². The minimum atomic E-state index is -0.982. The Hall–Kier alpha value is -2.05. The van der Waals surface area contributed by atoms with Crippen molar-refractivity contribution in [3.05, 3.63) is 45.6 Å². The number of ether oxygens (including phenoxy) is 2. The van der Waals surface area contributed by atoms with Crippen molar-refractivity contribution in [3.63, 3.8) is 0 Å². The van der Waals surface area contributed by atoms with Crippen molar-refractivity contribution in [2.75, 3.05) is 13.7 Å². The number of fused-ring (bicyclic) bond motifs is 1. The summed E-state index contributed by atoms with van der Waals surface area (Å²) in [6, 6.07) is 6.83. The molecule has 6 heteroatoms. The smallest absolute Gasteiger partial charge is 0.335 e. The fourth-order valence-corrected chi connectivity index (χ4v) is 3.63. The summed E-state index contributed by atoms with van der Waals surface area (Å²) >= 11 is 1.81. The predicted octanol–water partition coefficient (Wildman–Crippen LogP) is 3.24. The molecule has 122 valence electrons. The lowest BCUT2D eigenvalue weighted by Gasteiger charge is -2.32. The maximum Gasteiger partial charge on any atom is 0.335 e. The second-order valence-corrected chi connectivity index (χ2v) is 6.48. The highest BCUT2D eigenvalue weighted by Crippen LogP contribution is 2.31. The van der Waals surface area contributed by atoms with Gasteiger partial charge in [0, 0.05) is 18.0 Å². The number of carboxylic acids is 1. The van der Waals surface area contributed by atoms with Crippen molar-refractivity contribution in [1.29, 1.82) is 0 Å². The SMILES string of the molecule is COc1cc(C(=O)O)ccc1OC(C)N1CCc2sccc2C1. The van der Waals surface area contributed by atoms with Crippen molar-refractivity contribution >= 4 is 17.3 Å². The van der Waals surface area contributed by atoms with Crippen LogP contribution in [0.25, 0.3) is 0 Å². The zero-order chi connectivity index (χ0) is 16.4. The van der Waals surface area contributed by atoms with Crippen LogP contribution in [0.15, 0.2) is 29.6 Å². The Labute approximate surface area is 139 Å². The van der Waals surface area contributed by atoms with E-state index < -0.39 is 5.97 Å². The quantitative estimate of drug-likeness (QED) is 0.910. The van der Waals surface area contributed by atoms with Crippen LogP contribution in [0.5, 0.6) is 11.5 Å². The Morgan fingerprint density at radius 1 is 1.35 bits per heavy atom. The van der Waals surface area contributed by atoms with Crippen LogP contribution in [0.3, 0.4) is 0 Å². The Balaban J connectivity index is 1.73. The van der Waals surface area contributed by atoms with Crippen molar-refractivity contribution in [3.8, 4) is 11.5 Å². The Kier molecular flexibility index (Phi) is 4.54. The van der Waals surface area contributed by atoms with Crippen LogP contribution in [-0.4, -0.2) is 35.9 Å². The number of benzene rings is 1. The fourth-order valence-electron chi connectivity index (χ4n) is 2.74. The van der Waals surface area contributed by atoms with Crippen LogP contribution in [0.4, 0.5) is 0 Å². The van der Waals surface area contributed by atoms with E-state index in [4.69, 9.17) is 14.6 Å². The van der Waals surface area contributed by atoms with E-state index in [9.17, 15) is 4.79 Å². The molecule has 1 atom stereocenters. The van der Waals surface area contributed by atoms with E-state index >= 15 is 0 Å². The highest BCUT2D eigenvalue weighted by atomic mass is 32.1.